The lowest BCUT2D eigenvalue weighted by atomic mass is 10.2. The van der Waals surface area contributed by atoms with Gasteiger partial charge in [-0.25, -0.2) is 4.68 Å². The van der Waals surface area contributed by atoms with Crippen molar-refractivity contribution >= 4 is 35.0 Å². The number of hydrogen-bond acceptors (Lipinski definition) is 6. The largest absolute Gasteiger partial charge is 0.486 e. The SMILES string of the molecule is Cn1nnnc1SCCCNCc1cc(Cl)c(OCc2ccccc2)c(Cl)c1. The Kier molecular flexibility index (Phi) is 7.97. The Labute approximate surface area is 178 Å². The van der Waals surface area contributed by atoms with Crippen LogP contribution in [0.1, 0.15) is 17.5 Å². The van der Waals surface area contributed by atoms with E-state index < -0.39 is 0 Å². The predicted octanol–water partition coefficient (Wildman–Crippen LogP) is 4.37. The monoisotopic (exact) mass is 437 g/mol. The van der Waals surface area contributed by atoms with Crippen LogP contribution >= 0.6 is 35.0 Å². The molecule has 0 atom stereocenters. The van der Waals surface area contributed by atoms with Crippen molar-refractivity contribution in [3.05, 3.63) is 63.6 Å². The molecular weight excluding hydrogens is 417 g/mol. The lowest BCUT2D eigenvalue weighted by Gasteiger charge is -2.12. The van der Waals surface area contributed by atoms with Gasteiger partial charge in [0.15, 0.2) is 5.75 Å². The molecule has 2 aromatic carbocycles. The highest BCUT2D eigenvalue weighted by Crippen LogP contribution is 2.34. The van der Waals surface area contributed by atoms with Gasteiger partial charge in [-0.05, 0) is 46.7 Å². The topological polar surface area (TPSA) is 64.9 Å². The summed E-state index contributed by atoms with van der Waals surface area (Å²) in [5.74, 6) is 1.46. The molecule has 9 heteroatoms. The smallest absolute Gasteiger partial charge is 0.209 e. The van der Waals surface area contributed by atoms with Crippen molar-refractivity contribution < 1.29 is 4.74 Å². The molecule has 0 bridgehead atoms. The molecule has 0 radical (unpaired) electrons. The van der Waals surface area contributed by atoms with Crippen molar-refractivity contribution in [1.82, 2.24) is 25.5 Å². The Morgan fingerprint density at radius 1 is 1.11 bits per heavy atom. The number of benzene rings is 2. The van der Waals surface area contributed by atoms with Crippen LogP contribution in [-0.2, 0) is 20.2 Å². The van der Waals surface area contributed by atoms with Crippen molar-refractivity contribution in [2.24, 2.45) is 7.05 Å². The molecule has 148 valence electrons. The van der Waals surface area contributed by atoms with Crippen LogP contribution in [0.25, 0.3) is 0 Å². The highest BCUT2D eigenvalue weighted by atomic mass is 35.5. The molecule has 0 amide bonds. The predicted molar refractivity (Wildman–Crippen MR) is 113 cm³/mol. The number of nitrogens with zero attached hydrogens (tertiary/aromatic N) is 4. The Morgan fingerprint density at radius 3 is 2.54 bits per heavy atom. The van der Waals surface area contributed by atoms with E-state index in [9.17, 15) is 0 Å². The van der Waals surface area contributed by atoms with Crippen LogP contribution in [0.3, 0.4) is 0 Å². The number of thioether (sulfide) groups is 1. The van der Waals surface area contributed by atoms with Gasteiger partial charge in [0.05, 0.1) is 10.0 Å². The van der Waals surface area contributed by atoms with Crippen molar-refractivity contribution in [3.63, 3.8) is 0 Å². The second kappa shape index (κ2) is 10.7. The maximum atomic E-state index is 6.37. The van der Waals surface area contributed by atoms with Crippen LogP contribution in [0.5, 0.6) is 5.75 Å². The lowest BCUT2D eigenvalue weighted by molar-refractivity contribution is 0.306. The molecule has 6 nitrogen and oxygen atoms in total. The second-order valence-electron chi connectivity index (χ2n) is 6.13. The Hall–Kier alpha value is -1.80. The summed E-state index contributed by atoms with van der Waals surface area (Å²) in [5, 5.41) is 16.6. The van der Waals surface area contributed by atoms with E-state index in [0.29, 0.717) is 28.9 Å². The van der Waals surface area contributed by atoms with Gasteiger partial charge in [-0.15, -0.1) is 5.10 Å². The quantitative estimate of drug-likeness (QED) is 0.375. The molecule has 0 saturated heterocycles. The zero-order valence-corrected chi connectivity index (χ0v) is 17.8. The van der Waals surface area contributed by atoms with Crippen molar-refractivity contribution in [1.29, 1.82) is 0 Å². The summed E-state index contributed by atoms with van der Waals surface area (Å²) < 4.78 is 7.48. The van der Waals surface area contributed by atoms with Gasteiger partial charge < -0.3 is 10.1 Å². The van der Waals surface area contributed by atoms with Gasteiger partial charge in [0.2, 0.25) is 5.16 Å². The average molecular weight is 438 g/mol. The van der Waals surface area contributed by atoms with Crippen molar-refractivity contribution in [3.8, 4) is 5.75 Å². The number of tetrazole rings is 1. The highest BCUT2D eigenvalue weighted by Gasteiger charge is 2.10. The fourth-order valence-electron chi connectivity index (χ4n) is 2.52. The summed E-state index contributed by atoms with van der Waals surface area (Å²) in [6, 6.07) is 13.7. The highest BCUT2D eigenvalue weighted by molar-refractivity contribution is 7.99. The summed E-state index contributed by atoms with van der Waals surface area (Å²) in [4.78, 5) is 0. The summed E-state index contributed by atoms with van der Waals surface area (Å²) >= 11 is 14.4. The number of halogens is 2. The fraction of sp³-hybridized carbons (Fsp3) is 0.316. The van der Waals surface area contributed by atoms with E-state index in [2.05, 4.69) is 20.8 Å². The first-order valence-electron chi connectivity index (χ1n) is 8.84. The number of rotatable bonds is 10. The van der Waals surface area contributed by atoms with Gasteiger partial charge in [-0.3, -0.25) is 0 Å². The molecule has 0 aliphatic heterocycles. The third-order valence-corrected chi connectivity index (χ3v) is 5.58. The van der Waals surface area contributed by atoms with Crippen LogP contribution in [0, 0.1) is 0 Å². The molecule has 28 heavy (non-hydrogen) atoms. The first-order chi connectivity index (χ1) is 13.6. The zero-order chi connectivity index (χ0) is 19.8. The number of ether oxygens (including phenoxy) is 1. The molecule has 3 rings (SSSR count). The number of aromatic nitrogens is 4. The third kappa shape index (κ3) is 6.10. The lowest BCUT2D eigenvalue weighted by Crippen LogP contribution is -2.15. The Morgan fingerprint density at radius 2 is 1.86 bits per heavy atom. The van der Waals surface area contributed by atoms with E-state index in [1.807, 2.05) is 49.5 Å². The Balaban J connectivity index is 1.42. The van der Waals surface area contributed by atoms with Crippen LogP contribution in [0.4, 0.5) is 0 Å². The molecule has 0 aliphatic carbocycles. The van der Waals surface area contributed by atoms with Gasteiger partial charge in [-0.2, -0.15) is 0 Å². The molecule has 3 aromatic rings. The van der Waals surface area contributed by atoms with Crippen LogP contribution in [-0.4, -0.2) is 32.5 Å². The van der Waals surface area contributed by atoms with Gasteiger partial charge in [0.25, 0.3) is 0 Å². The standard InChI is InChI=1S/C19H21Cl2N5OS/c1-26-19(23-24-25-26)28-9-5-8-22-12-15-10-16(20)18(17(21)11-15)27-13-14-6-3-2-4-7-14/h2-4,6-7,10-11,22H,5,8-9,12-13H2,1H3. The van der Waals surface area contributed by atoms with Gasteiger partial charge in [-0.1, -0.05) is 65.3 Å². The van der Waals surface area contributed by atoms with Crippen LogP contribution in [0.15, 0.2) is 47.6 Å². The van der Waals surface area contributed by atoms with E-state index in [-0.39, 0.29) is 0 Å². The summed E-state index contributed by atoms with van der Waals surface area (Å²) in [5.41, 5.74) is 2.09. The van der Waals surface area contributed by atoms with E-state index in [1.165, 1.54) is 0 Å². The van der Waals surface area contributed by atoms with Crippen LogP contribution in [0.2, 0.25) is 10.0 Å². The second-order valence-corrected chi connectivity index (χ2v) is 8.00. The maximum absolute atomic E-state index is 6.37. The minimum Gasteiger partial charge on any atom is -0.486 e. The molecule has 1 heterocycles. The molecule has 1 N–H and O–H groups in total. The number of nitrogens with one attached hydrogen (secondary N) is 1. The molecule has 0 aliphatic rings. The minimum absolute atomic E-state index is 0.427. The molecule has 0 fully saturated rings. The van der Waals surface area contributed by atoms with Gasteiger partial charge in [0, 0.05) is 19.3 Å². The van der Waals surface area contributed by atoms with Gasteiger partial charge in [0.1, 0.15) is 6.61 Å². The molecule has 0 spiro atoms. The number of hydrogen-bond donors (Lipinski definition) is 1. The molecule has 1 aromatic heterocycles. The zero-order valence-electron chi connectivity index (χ0n) is 15.4. The minimum atomic E-state index is 0.427. The van der Waals surface area contributed by atoms with Crippen molar-refractivity contribution in [2.75, 3.05) is 12.3 Å². The van der Waals surface area contributed by atoms with Crippen LogP contribution < -0.4 is 10.1 Å². The molecule has 0 saturated carbocycles. The number of aryl methyl sites for hydroxylation is 1. The first kappa shape index (κ1) is 20.9. The fourth-order valence-corrected chi connectivity index (χ4v) is 3.95. The van der Waals surface area contributed by atoms with E-state index in [0.717, 1.165) is 35.0 Å². The first-order valence-corrected chi connectivity index (χ1v) is 10.6. The Bertz CT molecular complexity index is 868. The maximum Gasteiger partial charge on any atom is 0.209 e. The molecule has 0 unspecified atom stereocenters. The van der Waals surface area contributed by atoms with Crippen molar-refractivity contribution in [2.45, 2.75) is 24.7 Å². The third-order valence-electron chi connectivity index (χ3n) is 3.92. The van der Waals surface area contributed by atoms with E-state index >= 15 is 0 Å². The molecular formula is C19H21Cl2N5OS. The summed E-state index contributed by atoms with van der Waals surface area (Å²) in [6.07, 6.45) is 0.997. The van der Waals surface area contributed by atoms with Gasteiger partial charge >= 0.3 is 0 Å². The van der Waals surface area contributed by atoms with E-state index in [4.69, 9.17) is 27.9 Å². The average Bonchev–Trinajstić information content (AvgIpc) is 3.09. The normalized spacial score (nSPS) is 11.0. The van der Waals surface area contributed by atoms with E-state index in [1.54, 1.807) is 16.4 Å². The summed E-state index contributed by atoms with van der Waals surface area (Å²) in [7, 11) is 1.83. The summed E-state index contributed by atoms with van der Waals surface area (Å²) in [6.45, 7) is 1.99.